The highest BCUT2D eigenvalue weighted by atomic mass is 16.2. The van der Waals surface area contributed by atoms with Gasteiger partial charge in [-0.25, -0.2) is 0 Å². The number of hydrogen-bond donors (Lipinski definition) is 1. The van der Waals surface area contributed by atoms with Gasteiger partial charge in [-0.1, -0.05) is 12.1 Å². The predicted octanol–water partition coefficient (Wildman–Crippen LogP) is 2.28. The van der Waals surface area contributed by atoms with E-state index in [-0.39, 0.29) is 23.4 Å². The lowest BCUT2D eigenvalue weighted by molar-refractivity contribution is 0.0693. The molecule has 0 radical (unpaired) electrons. The van der Waals surface area contributed by atoms with Crippen LogP contribution in [0.2, 0.25) is 0 Å². The lowest BCUT2D eigenvalue weighted by Gasteiger charge is -2.14. The van der Waals surface area contributed by atoms with Crippen molar-refractivity contribution in [3.8, 4) is 6.07 Å². The molecule has 1 aliphatic heterocycles. The molecule has 0 saturated carbocycles. The van der Waals surface area contributed by atoms with Gasteiger partial charge in [0, 0.05) is 12.6 Å². The first-order valence-corrected chi connectivity index (χ1v) is 7.69. The van der Waals surface area contributed by atoms with Crippen molar-refractivity contribution in [3.05, 3.63) is 70.3 Å². The highest BCUT2D eigenvalue weighted by Crippen LogP contribution is 2.23. The predicted molar refractivity (Wildman–Crippen MR) is 89.9 cm³/mol. The maximum atomic E-state index is 12.4. The molecule has 1 unspecified atom stereocenters. The summed E-state index contributed by atoms with van der Waals surface area (Å²) in [6.45, 7) is 1.83. The van der Waals surface area contributed by atoms with E-state index >= 15 is 0 Å². The lowest BCUT2D eigenvalue weighted by Crippen LogP contribution is -2.27. The van der Waals surface area contributed by atoms with E-state index in [2.05, 4.69) is 5.32 Å². The average molecular weight is 333 g/mol. The van der Waals surface area contributed by atoms with E-state index in [1.807, 2.05) is 13.0 Å². The molecule has 6 heteroatoms. The fraction of sp³-hybridized carbons (Fsp3) is 0.158. The number of rotatable bonds is 3. The fourth-order valence-electron chi connectivity index (χ4n) is 2.71. The van der Waals surface area contributed by atoms with Crippen molar-refractivity contribution in [3.63, 3.8) is 0 Å². The Morgan fingerprint density at radius 1 is 1.08 bits per heavy atom. The molecule has 3 amide bonds. The van der Waals surface area contributed by atoms with Crippen LogP contribution in [0.3, 0.4) is 0 Å². The van der Waals surface area contributed by atoms with Crippen LogP contribution in [0, 0.1) is 11.3 Å². The third kappa shape index (κ3) is 2.88. The molecule has 2 aromatic carbocycles. The molecule has 0 bridgehead atoms. The Kier molecular flexibility index (Phi) is 4.07. The molecule has 1 heterocycles. The summed E-state index contributed by atoms with van der Waals surface area (Å²) in [4.78, 5) is 37.4. The van der Waals surface area contributed by atoms with E-state index in [4.69, 9.17) is 5.26 Å². The number of hydrogen-bond acceptors (Lipinski definition) is 4. The molecule has 0 spiro atoms. The number of carbonyl (C=O) groups is 3. The fourth-order valence-corrected chi connectivity index (χ4v) is 2.71. The number of nitrogens with one attached hydrogen (secondary N) is 1. The molecule has 1 atom stereocenters. The van der Waals surface area contributed by atoms with Crippen molar-refractivity contribution in [2.24, 2.45) is 0 Å². The first kappa shape index (κ1) is 16.4. The van der Waals surface area contributed by atoms with Crippen molar-refractivity contribution >= 4 is 17.7 Å². The van der Waals surface area contributed by atoms with E-state index in [0.29, 0.717) is 16.7 Å². The number of nitrogens with zero attached hydrogens (tertiary/aromatic N) is 2. The molecule has 1 aliphatic rings. The molecular weight excluding hydrogens is 318 g/mol. The second-order valence-corrected chi connectivity index (χ2v) is 5.86. The van der Waals surface area contributed by atoms with Gasteiger partial charge < -0.3 is 5.32 Å². The van der Waals surface area contributed by atoms with Crippen LogP contribution < -0.4 is 5.32 Å². The minimum atomic E-state index is -0.408. The topological polar surface area (TPSA) is 90.3 Å². The number of imide groups is 1. The summed E-state index contributed by atoms with van der Waals surface area (Å²) in [5, 5.41) is 11.7. The summed E-state index contributed by atoms with van der Waals surface area (Å²) >= 11 is 0. The number of benzene rings is 2. The van der Waals surface area contributed by atoms with Gasteiger partial charge in [0.05, 0.1) is 28.8 Å². The third-order valence-corrected chi connectivity index (χ3v) is 4.24. The van der Waals surface area contributed by atoms with E-state index in [9.17, 15) is 14.4 Å². The number of nitriles is 1. The highest BCUT2D eigenvalue weighted by Gasteiger charge is 2.33. The molecule has 1 N–H and O–H groups in total. The number of fused-ring (bicyclic) bond motifs is 1. The Morgan fingerprint density at radius 2 is 1.72 bits per heavy atom. The van der Waals surface area contributed by atoms with Crippen LogP contribution in [-0.4, -0.2) is 29.7 Å². The Balaban J connectivity index is 1.79. The summed E-state index contributed by atoms with van der Waals surface area (Å²) in [5.41, 5.74) is 2.28. The summed E-state index contributed by atoms with van der Waals surface area (Å²) < 4.78 is 0. The van der Waals surface area contributed by atoms with Gasteiger partial charge in [-0.15, -0.1) is 0 Å². The minimum Gasteiger partial charge on any atom is -0.346 e. The second-order valence-electron chi connectivity index (χ2n) is 5.86. The lowest BCUT2D eigenvalue weighted by atomic mass is 10.0. The van der Waals surface area contributed by atoms with Gasteiger partial charge in [0.15, 0.2) is 0 Å². The van der Waals surface area contributed by atoms with Crippen molar-refractivity contribution < 1.29 is 14.4 Å². The summed E-state index contributed by atoms with van der Waals surface area (Å²) in [6.07, 6.45) is 0. The summed E-state index contributed by atoms with van der Waals surface area (Å²) in [7, 11) is 1.41. The maximum absolute atomic E-state index is 12.4. The number of amides is 3. The largest absolute Gasteiger partial charge is 0.346 e. The standard InChI is InChI=1S/C19H15N3O3/c1-11(13-5-3-12(10-20)4-6-13)21-17(23)14-7-8-15-16(9-14)19(25)22(2)18(15)24/h3-9,11H,1-2H3,(H,21,23). The smallest absolute Gasteiger partial charge is 0.261 e. The molecule has 0 saturated heterocycles. The molecule has 124 valence electrons. The van der Waals surface area contributed by atoms with Gasteiger partial charge >= 0.3 is 0 Å². The molecule has 25 heavy (non-hydrogen) atoms. The van der Waals surface area contributed by atoms with Crippen LogP contribution in [0.15, 0.2) is 42.5 Å². The minimum absolute atomic E-state index is 0.242. The molecule has 2 aromatic rings. The third-order valence-electron chi connectivity index (χ3n) is 4.24. The van der Waals surface area contributed by atoms with Crippen LogP contribution in [-0.2, 0) is 0 Å². The number of carbonyl (C=O) groups excluding carboxylic acids is 3. The van der Waals surface area contributed by atoms with Gasteiger partial charge in [-0.05, 0) is 42.8 Å². The van der Waals surface area contributed by atoms with Crippen LogP contribution in [0.25, 0.3) is 0 Å². The van der Waals surface area contributed by atoms with Gasteiger partial charge in [0.1, 0.15) is 0 Å². The van der Waals surface area contributed by atoms with Gasteiger partial charge in [0.25, 0.3) is 17.7 Å². The monoisotopic (exact) mass is 333 g/mol. The summed E-state index contributed by atoms with van der Waals surface area (Å²) in [6, 6.07) is 13.2. The van der Waals surface area contributed by atoms with Crippen LogP contribution in [0.5, 0.6) is 0 Å². The Hall–Kier alpha value is -3.46. The molecule has 0 aromatic heterocycles. The Labute approximate surface area is 144 Å². The van der Waals surface area contributed by atoms with Crippen LogP contribution in [0.4, 0.5) is 0 Å². The molecule has 0 fully saturated rings. The van der Waals surface area contributed by atoms with E-state index < -0.39 is 5.91 Å². The van der Waals surface area contributed by atoms with E-state index in [1.54, 1.807) is 24.3 Å². The molecule has 3 rings (SSSR count). The van der Waals surface area contributed by atoms with Crippen molar-refractivity contribution in [1.29, 1.82) is 5.26 Å². The quantitative estimate of drug-likeness (QED) is 0.873. The van der Waals surface area contributed by atoms with E-state index in [1.165, 1.54) is 25.2 Å². The Morgan fingerprint density at radius 3 is 2.36 bits per heavy atom. The zero-order chi connectivity index (χ0) is 18.1. The SMILES string of the molecule is CC(NC(=O)c1ccc2c(c1)C(=O)N(C)C2=O)c1ccc(C#N)cc1. The van der Waals surface area contributed by atoms with Crippen molar-refractivity contribution in [2.75, 3.05) is 7.05 Å². The molecule has 0 aliphatic carbocycles. The first-order chi connectivity index (χ1) is 11.9. The first-order valence-electron chi connectivity index (χ1n) is 7.69. The Bertz CT molecular complexity index is 926. The average Bonchev–Trinajstić information content (AvgIpc) is 2.85. The molecule has 6 nitrogen and oxygen atoms in total. The van der Waals surface area contributed by atoms with Gasteiger partial charge in [0.2, 0.25) is 0 Å². The highest BCUT2D eigenvalue weighted by molar-refractivity contribution is 6.21. The van der Waals surface area contributed by atoms with Gasteiger partial charge in [-0.3, -0.25) is 19.3 Å². The normalized spacial score (nSPS) is 14.0. The van der Waals surface area contributed by atoms with Crippen molar-refractivity contribution in [2.45, 2.75) is 13.0 Å². The zero-order valence-electron chi connectivity index (χ0n) is 13.7. The zero-order valence-corrected chi connectivity index (χ0v) is 13.7. The second kappa shape index (κ2) is 6.21. The van der Waals surface area contributed by atoms with Crippen LogP contribution in [0.1, 0.15) is 55.2 Å². The van der Waals surface area contributed by atoms with Crippen molar-refractivity contribution in [1.82, 2.24) is 10.2 Å². The molecular formula is C19H15N3O3. The summed E-state index contributed by atoms with van der Waals surface area (Å²) in [5.74, 6) is -1.11. The van der Waals surface area contributed by atoms with Gasteiger partial charge in [-0.2, -0.15) is 5.26 Å². The maximum Gasteiger partial charge on any atom is 0.261 e. The van der Waals surface area contributed by atoms with E-state index in [0.717, 1.165) is 10.5 Å². The van der Waals surface area contributed by atoms with Crippen LogP contribution >= 0.6 is 0 Å².